The van der Waals surface area contributed by atoms with E-state index in [1.54, 1.807) is 6.07 Å². The van der Waals surface area contributed by atoms with Crippen molar-refractivity contribution in [1.29, 1.82) is 0 Å². The number of rotatable bonds is 4. The van der Waals surface area contributed by atoms with Crippen molar-refractivity contribution in [2.45, 2.75) is 30.6 Å². The lowest BCUT2D eigenvalue weighted by molar-refractivity contribution is 0.0601. The highest BCUT2D eigenvalue weighted by Gasteiger charge is 2.29. The first-order valence-electron chi connectivity index (χ1n) is 8.65. The lowest BCUT2D eigenvalue weighted by Gasteiger charge is -2.19. The van der Waals surface area contributed by atoms with Crippen LogP contribution in [0.1, 0.15) is 33.6 Å². The number of aryl methyl sites for hydroxylation is 1. The van der Waals surface area contributed by atoms with E-state index in [0.29, 0.717) is 35.3 Å². The number of hydrogen-bond acceptors (Lipinski definition) is 7. The highest BCUT2D eigenvalue weighted by atomic mass is 32.2. The van der Waals surface area contributed by atoms with Gasteiger partial charge < -0.3 is 14.2 Å². The van der Waals surface area contributed by atoms with Crippen molar-refractivity contribution < 1.29 is 27.4 Å². The maximum Gasteiger partial charge on any atom is 0.341 e. The van der Waals surface area contributed by atoms with Crippen molar-refractivity contribution in [3.8, 4) is 11.5 Å². The van der Waals surface area contributed by atoms with E-state index in [1.807, 2.05) is 0 Å². The van der Waals surface area contributed by atoms with Gasteiger partial charge in [-0.1, -0.05) is 0 Å². The van der Waals surface area contributed by atoms with E-state index in [4.69, 9.17) is 14.2 Å². The number of anilines is 1. The Bertz CT molecular complexity index is 996. The van der Waals surface area contributed by atoms with Crippen LogP contribution in [0.5, 0.6) is 11.5 Å². The smallest absolute Gasteiger partial charge is 0.341 e. The molecule has 0 atom stereocenters. The zero-order valence-corrected chi connectivity index (χ0v) is 16.4. The third-order valence-electron chi connectivity index (χ3n) is 4.61. The predicted octanol–water partition coefficient (Wildman–Crippen LogP) is 2.99. The normalized spacial score (nSPS) is 15.7. The van der Waals surface area contributed by atoms with Crippen LogP contribution in [-0.4, -0.2) is 34.7 Å². The Morgan fingerprint density at radius 3 is 2.67 bits per heavy atom. The Morgan fingerprint density at radius 2 is 1.89 bits per heavy atom. The average molecular weight is 409 g/mol. The fourth-order valence-electron chi connectivity index (χ4n) is 3.33. The van der Waals surface area contributed by atoms with Crippen molar-refractivity contribution in [3.05, 3.63) is 34.2 Å². The lowest BCUT2D eigenvalue weighted by Crippen LogP contribution is -2.18. The van der Waals surface area contributed by atoms with Gasteiger partial charge >= 0.3 is 5.97 Å². The molecule has 0 saturated carbocycles. The molecule has 1 aliphatic carbocycles. The third kappa shape index (κ3) is 3.37. The molecule has 0 unspecified atom stereocenters. The monoisotopic (exact) mass is 409 g/mol. The number of benzene rings is 1. The molecular formula is C18H19NO6S2. The van der Waals surface area contributed by atoms with Gasteiger partial charge in [-0.25, -0.2) is 13.2 Å². The van der Waals surface area contributed by atoms with Crippen molar-refractivity contribution >= 4 is 32.3 Å². The number of sulfonamides is 1. The van der Waals surface area contributed by atoms with E-state index in [-0.39, 0.29) is 4.90 Å². The molecule has 2 aliphatic rings. The molecule has 0 fully saturated rings. The van der Waals surface area contributed by atoms with Crippen LogP contribution >= 0.6 is 11.3 Å². The van der Waals surface area contributed by atoms with Crippen LogP contribution in [0.3, 0.4) is 0 Å². The number of thiophene rings is 1. The van der Waals surface area contributed by atoms with Crippen LogP contribution in [0.25, 0.3) is 0 Å². The van der Waals surface area contributed by atoms with E-state index in [1.165, 1.54) is 30.6 Å². The van der Waals surface area contributed by atoms with Gasteiger partial charge in [0.1, 0.15) is 18.2 Å². The predicted molar refractivity (Wildman–Crippen MR) is 101 cm³/mol. The van der Waals surface area contributed by atoms with E-state index in [0.717, 1.165) is 36.1 Å². The molecule has 4 rings (SSSR count). The van der Waals surface area contributed by atoms with Crippen LogP contribution in [0, 0.1) is 0 Å². The summed E-state index contributed by atoms with van der Waals surface area (Å²) in [6.07, 6.45) is 3.60. The molecule has 2 heterocycles. The number of ether oxygens (including phenoxy) is 3. The topological polar surface area (TPSA) is 90.9 Å². The number of nitrogens with one attached hydrogen (secondary N) is 1. The van der Waals surface area contributed by atoms with E-state index >= 15 is 0 Å². The van der Waals surface area contributed by atoms with E-state index in [2.05, 4.69) is 4.72 Å². The highest BCUT2D eigenvalue weighted by molar-refractivity contribution is 7.93. The van der Waals surface area contributed by atoms with Gasteiger partial charge in [0, 0.05) is 10.9 Å². The number of methoxy groups -OCH3 is 1. The van der Waals surface area contributed by atoms with Crippen LogP contribution < -0.4 is 14.2 Å². The molecule has 1 aromatic heterocycles. The Kier molecular flexibility index (Phi) is 4.73. The Labute approximate surface area is 161 Å². The van der Waals surface area contributed by atoms with Gasteiger partial charge in [0.05, 0.1) is 17.6 Å². The van der Waals surface area contributed by atoms with Crippen molar-refractivity contribution in [3.63, 3.8) is 0 Å². The first kappa shape index (κ1) is 18.1. The van der Waals surface area contributed by atoms with Crippen molar-refractivity contribution in [1.82, 2.24) is 0 Å². The molecule has 27 heavy (non-hydrogen) atoms. The van der Waals surface area contributed by atoms with Crippen LogP contribution in [0.4, 0.5) is 5.00 Å². The van der Waals surface area contributed by atoms with Crippen LogP contribution in [-0.2, 0) is 27.6 Å². The molecule has 1 N–H and O–H groups in total. The number of carbonyl (C=O) groups is 1. The number of fused-ring (bicyclic) bond motifs is 2. The summed E-state index contributed by atoms with van der Waals surface area (Å²) in [4.78, 5) is 13.4. The lowest BCUT2D eigenvalue weighted by atomic mass is 9.95. The SMILES string of the molecule is COC(=O)c1c(NS(=O)(=O)c2ccc3c(c2)OCCO3)sc2c1CCCC2. The Hall–Kier alpha value is -2.26. The third-order valence-corrected chi connectivity index (χ3v) is 7.30. The van der Waals surface area contributed by atoms with Crippen LogP contribution in [0.2, 0.25) is 0 Å². The largest absolute Gasteiger partial charge is 0.486 e. The van der Waals surface area contributed by atoms with Crippen LogP contribution in [0.15, 0.2) is 23.1 Å². The summed E-state index contributed by atoms with van der Waals surface area (Å²) in [5.41, 5.74) is 1.23. The summed E-state index contributed by atoms with van der Waals surface area (Å²) in [6.45, 7) is 0.800. The second kappa shape index (κ2) is 7.05. The van der Waals surface area contributed by atoms with Gasteiger partial charge in [-0.3, -0.25) is 4.72 Å². The maximum absolute atomic E-state index is 12.9. The maximum atomic E-state index is 12.9. The van der Waals surface area contributed by atoms with E-state index < -0.39 is 16.0 Å². The fourth-order valence-corrected chi connectivity index (χ4v) is 5.93. The minimum atomic E-state index is -3.89. The molecular weight excluding hydrogens is 390 g/mol. The molecule has 0 amide bonds. The summed E-state index contributed by atoms with van der Waals surface area (Å²) in [7, 11) is -2.59. The van der Waals surface area contributed by atoms with Gasteiger partial charge in [-0.05, 0) is 43.4 Å². The number of esters is 1. The molecule has 0 saturated heterocycles. The second-order valence-corrected chi connectivity index (χ2v) is 9.11. The summed E-state index contributed by atoms with van der Waals surface area (Å²) in [5.74, 6) is 0.388. The summed E-state index contributed by atoms with van der Waals surface area (Å²) >= 11 is 1.31. The van der Waals surface area contributed by atoms with Crippen molar-refractivity contribution in [2.75, 3.05) is 25.0 Å². The molecule has 2 aromatic rings. The number of hydrogen-bond donors (Lipinski definition) is 1. The molecule has 0 radical (unpaired) electrons. The average Bonchev–Trinajstić information content (AvgIpc) is 3.04. The first-order valence-corrected chi connectivity index (χ1v) is 10.9. The minimum absolute atomic E-state index is 0.0499. The Morgan fingerprint density at radius 1 is 1.15 bits per heavy atom. The fraction of sp³-hybridized carbons (Fsp3) is 0.389. The summed E-state index contributed by atoms with van der Waals surface area (Å²) in [5, 5.41) is 0.309. The van der Waals surface area contributed by atoms with Gasteiger partial charge in [0.15, 0.2) is 11.5 Å². The number of carbonyl (C=O) groups excluding carboxylic acids is 1. The molecule has 1 aliphatic heterocycles. The molecule has 0 bridgehead atoms. The van der Waals surface area contributed by atoms with Gasteiger partial charge in [-0.2, -0.15) is 0 Å². The standard InChI is InChI=1S/C18H19NO6S2/c1-23-18(20)16-12-4-2-3-5-15(12)26-17(16)19-27(21,22)11-6-7-13-14(10-11)25-9-8-24-13/h6-7,10,19H,2-5,8-9H2,1H3. The van der Waals surface area contributed by atoms with E-state index in [9.17, 15) is 13.2 Å². The summed E-state index contributed by atoms with van der Waals surface area (Å²) < 4.78 is 44.2. The zero-order chi connectivity index (χ0) is 19.0. The van der Waals surface area contributed by atoms with Gasteiger partial charge in [0.2, 0.25) is 0 Å². The molecule has 7 nitrogen and oxygen atoms in total. The minimum Gasteiger partial charge on any atom is -0.486 e. The van der Waals surface area contributed by atoms with Crippen molar-refractivity contribution in [2.24, 2.45) is 0 Å². The quantitative estimate of drug-likeness (QED) is 0.781. The second-order valence-electron chi connectivity index (χ2n) is 6.32. The molecule has 1 aromatic carbocycles. The molecule has 9 heteroatoms. The first-order chi connectivity index (χ1) is 13.0. The van der Waals surface area contributed by atoms with Gasteiger partial charge in [0.25, 0.3) is 10.0 Å². The molecule has 0 spiro atoms. The zero-order valence-electron chi connectivity index (χ0n) is 14.7. The summed E-state index contributed by atoms with van der Waals surface area (Å²) in [6, 6.07) is 4.47. The Balaban J connectivity index is 1.71. The highest BCUT2D eigenvalue weighted by Crippen LogP contribution is 2.40. The molecule has 144 valence electrons. The van der Waals surface area contributed by atoms with Gasteiger partial charge in [-0.15, -0.1) is 11.3 Å².